The van der Waals surface area contributed by atoms with E-state index < -0.39 is 0 Å². The highest BCUT2D eigenvalue weighted by molar-refractivity contribution is 5.94. The summed E-state index contributed by atoms with van der Waals surface area (Å²) in [5.41, 5.74) is 3.56. The van der Waals surface area contributed by atoms with E-state index in [1.54, 1.807) is 23.1 Å². The first kappa shape index (κ1) is 19.4. The first-order valence-corrected chi connectivity index (χ1v) is 9.71. The molecule has 1 aromatic heterocycles. The van der Waals surface area contributed by atoms with Gasteiger partial charge in [0.05, 0.1) is 11.7 Å². The van der Waals surface area contributed by atoms with Gasteiger partial charge < -0.3 is 10.1 Å². The minimum absolute atomic E-state index is 0.142. The molecular formula is C24H22N4O2. The van der Waals surface area contributed by atoms with Crippen molar-refractivity contribution in [2.24, 2.45) is 0 Å². The van der Waals surface area contributed by atoms with Gasteiger partial charge in [0.2, 0.25) is 0 Å². The van der Waals surface area contributed by atoms with Crippen LogP contribution in [0.5, 0.6) is 5.75 Å². The van der Waals surface area contributed by atoms with Crippen molar-refractivity contribution >= 4 is 5.91 Å². The van der Waals surface area contributed by atoms with E-state index >= 15 is 0 Å². The molecule has 1 atom stereocenters. The summed E-state index contributed by atoms with van der Waals surface area (Å²) >= 11 is 0. The summed E-state index contributed by atoms with van der Waals surface area (Å²) in [4.78, 5) is 16.7. The number of nitrogens with zero attached hydrogens (tertiary/aromatic N) is 3. The molecule has 30 heavy (non-hydrogen) atoms. The van der Waals surface area contributed by atoms with Crippen molar-refractivity contribution in [2.45, 2.75) is 19.6 Å². The Hall–Kier alpha value is -3.93. The van der Waals surface area contributed by atoms with E-state index in [0.29, 0.717) is 17.9 Å². The van der Waals surface area contributed by atoms with Crippen LogP contribution in [-0.2, 0) is 6.61 Å². The zero-order valence-electron chi connectivity index (χ0n) is 16.6. The molecule has 6 nitrogen and oxygen atoms in total. The van der Waals surface area contributed by atoms with Crippen molar-refractivity contribution in [3.8, 4) is 11.4 Å². The molecule has 0 spiro atoms. The molecule has 150 valence electrons. The van der Waals surface area contributed by atoms with Crippen LogP contribution in [0.4, 0.5) is 0 Å². The van der Waals surface area contributed by atoms with Gasteiger partial charge in [-0.3, -0.25) is 4.79 Å². The molecule has 0 saturated heterocycles. The zero-order chi connectivity index (χ0) is 20.8. The van der Waals surface area contributed by atoms with Gasteiger partial charge in [0.1, 0.15) is 25.0 Å². The summed E-state index contributed by atoms with van der Waals surface area (Å²) < 4.78 is 7.52. The van der Waals surface area contributed by atoms with Gasteiger partial charge in [0, 0.05) is 5.56 Å². The molecule has 6 heteroatoms. The third-order valence-corrected chi connectivity index (χ3v) is 4.77. The first-order chi connectivity index (χ1) is 14.7. The van der Waals surface area contributed by atoms with E-state index in [1.165, 1.54) is 6.33 Å². The monoisotopic (exact) mass is 398 g/mol. The maximum atomic E-state index is 12.7. The van der Waals surface area contributed by atoms with E-state index in [0.717, 1.165) is 16.8 Å². The number of hydrogen-bond acceptors (Lipinski definition) is 4. The number of carbonyl (C=O) groups excluding carboxylic acids is 1. The Morgan fingerprint density at radius 1 is 1.03 bits per heavy atom. The smallest absolute Gasteiger partial charge is 0.251 e. The Kier molecular flexibility index (Phi) is 5.85. The molecule has 0 radical (unpaired) electrons. The molecule has 4 rings (SSSR count). The molecule has 0 aliphatic rings. The van der Waals surface area contributed by atoms with Crippen LogP contribution in [0.2, 0.25) is 0 Å². The molecule has 0 aliphatic heterocycles. The molecule has 1 amide bonds. The van der Waals surface area contributed by atoms with E-state index in [-0.39, 0.29) is 11.9 Å². The van der Waals surface area contributed by atoms with Gasteiger partial charge in [-0.25, -0.2) is 9.67 Å². The average Bonchev–Trinajstić information content (AvgIpc) is 3.34. The number of amides is 1. The van der Waals surface area contributed by atoms with E-state index in [2.05, 4.69) is 15.4 Å². The maximum absolute atomic E-state index is 12.7. The number of nitrogens with one attached hydrogen (secondary N) is 1. The van der Waals surface area contributed by atoms with E-state index in [9.17, 15) is 4.79 Å². The topological polar surface area (TPSA) is 69.0 Å². The van der Waals surface area contributed by atoms with Crippen molar-refractivity contribution < 1.29 is 9.53 Å². The standard InChI is InChI=1S/C24H22N4O2/c1-18(20-10-12-22(13-11-20)28-17-25-16-26-28)27-24(29)21-8-5-9-23(14-21)30-15-19-6-3-2-4-7-19/h2-14,16-18H,15H2,1H3,(H,27,29)/t18-/m0/s1. The predicted octanol–water partition coefficient (Wildman–Crippen LogP) is 4.34. The third kappa shape index (κ3) is 4.72. The van der Waals surface area contributed by atoms with Gasteiger partial charge in [0.15, 0.2) is 0 Å². The van der Waals surface area contributed by atoms with E-state index in [1.807, 2.05) is 73.7 Å². The highest BCUT2D eigenvalue weighted by atomic mass is 16.5. The summed E-state index contributed by atoms with van der Waals surface area (Å²) in [5.74, 6) is 0.518. The van der Waals surface area contributed by atoms with Gasteiger partial charge in [-0.2, -0.15) is 5.10 Å². The van der Waals surface area contributed by atoms with Gasteiger partial charge in [0.25, 0.3) is 5.91 Å². The van der Waals surface area contributed by atoms with Crippen LogP contribution >= 0.6 is 0 Å². The van der Waals surface area contributed by atoms with Crippen LogP contribution in [0.15, 0.2) is 91.5 Å². The number of hydrogen-bond donors (Lipinski definition) is 1. The fourth-order valence-electron chi connectivity index (χ4n) is 3.09. The third-order valence-electron chi connectivity index (χ3n) is 4.77. The summed E-state index contributed by atoms with van der Waals surface area (Å²) in [7, 11) is 0. The molecular weight excluding hydrogens is 376 g/mol. The number of aromatic nitrogens is 3. The van der Waals surface area contributed by atoms with Crippen molar-refractivity contribution in [1.29, 1.82) is 0 Å². The maximum Gasteiger partial charge on any atom is 0.251 e. The fourth-order valence-corrected chi connectivity index (χ4v) is 3.09. The highest BCUT2D eigenvalue weighted by Gasteiger charge is 2.12. The Morgan fingerprint density at radius 2 is 1.83 bits per heavy atom. The van der Waals surface area contributed by atoms with Crippen LogP contribution < -0.4 is 10.1 Å². The number of rotatable bonds is 7. The molecule has 0 fully saturated rings. The minimum Gasteiger partial charge on any atom is -0.489 e. The fraction of sp³-hybridized carbons (Fsp3) is 0.125. The second-order valence-corrected chi connectivity index (χ2v) is 6.93. The van der Waals surface area contributed by atoms with Crippen molar-refractivity contribution in [1.82, 2.24) is 20.1 Å². The van der Waals surface area contributed by atoms with Gasteiger partial charge in [-0.05, 0) is 48.4 Å². The lowest BCUT2D eigenvalue weighted by molar-refractivity contribution is 0.0939. The van der Waals surface area contributed by atoms with Crippen LogP contribution in [0.25, 0.3) is 5.69 Å². The van der Waals surface area contributed by atoms with Crippen LogP contribution in [0, 0.1) is 0 Å². The van der Waals surface area contributed by atoms with Crippen LogP contribution in [0.3, 0.4) is 0 Å². The molecule has 3 aromatic carbocycles. The summed E-state index contributed by atoms with van der Waals surface area (Å²) in [6, 6.07) is 24.9. The average molecular weight is 398 g/mol. The van der Waals surface area contributed by atoms with Gasteiger partial charge >= 0.3 is 0 Å². The summed E-state index contributed by atoms with van der Waals surface area (Å²) in [5, 5.41) is 7.15. The lowest BCUT2D eigenvalue weighted by Crippen LogP contribution is -2.26. The second kappa shape index (κ2) is 9.05. The van der Waals surface area contributed by atoms with Gasteiger partial charge in [-0.1, -0.05) is 48.5 Å². The van der Waals surface area contributed by atoms with E-state index in [4.69, 9.17) is 4.74 Å². The summed E-state index contributed by atoms with van der Waals surface area (Å²) in [6.07, 6.45) is 3.14. The van der Waals surface area contributed by atoms with Crippen LogP contribution in [0.1, 0.15) is 34.5 Å². The molecule has 0 bridgehead atoms. The quantitative estimate of drug-likeness (QED) is 0.503. The number of benzene rings is 3. The highest BCUT2D eigenvalue weighted by Crippen LogP contribution is 2.18. The molecule has 0 aliphatic carbocycles. The van der Waals surface area contributed by atoms with Crippen molar-refractivity contribution in [3.63, 3.8) is 0 Å². The van der Waals surface area contributed by atoms with Crippen molar-refractivity contribution in [2.75, 3.05) is 0 Å². The molecule has 4 aromatic rings. The Balaban J connectivity index is 1.38. The number of carbonyl (C=O) groups is 1. The second-order valence-electron chi connectivity index (χ2n) is 6.93. The van der Waals surface area contributed by atoms with Gasteiger partial charge in [-0.15, -0.1) is 0 Å². The molecule has 1 heterocycles. The molecule has 1 N–H and O–H groups in total. The first-order valence-electron chi connectivity index (χ1n) is 9.71. The lowest BCUT2D eigenvalue weighted by atomic mass is 10.1. The van der Waals surface area contributed by atoms with Crippen LogP contribution in [-0.4, -0.2) is 20.7 Å². The largest absolute Gasteiger partial charge is 0.489 e. The Bertz CT molecular complexity index is 1090. The molecule has 0 unspecified atom stereocenters. The normalized spacial score (nSPS) is 11.6. The summed E-state index contributed by atoms with van der Waals surface area (Å²) in [6.45, 7) is 2.42. The zero-order valence-corrected chi connectivity index (χ0v) is 16.6. The Labute approximate surface area is 175 Å². The minimum atomic E-state index is -0.145. The SMILES string of the molecule is C[C@H](NC(=O)c1cccc(OCc2ccccc2)c1)c1ccc(-n2cncn2)cc1. The predicted molar refractivity (Wildman–Crippen MR) is 114 cm³/mol. The van der Waals surface area contributed by atoms with Crippen molar-refractivity contribution in [3.05, 3.63) is 108 Å². The lowest BCUT2D eigenvalue weighted by Gasteiger charge is -2.15. The Morgan fingerprint density at radius 3 is 2.57 bits per heavy atom. The molecule has 0 saturated carbocycles. The number of ether oxygens (including phenoxy) is 1.